The minimum absolute atomic E-state index is 0.0551. The Morgan fingerprint density at radius 3 is 2.44 bits per heavy atom. The number of amides is 1. The Balaban J connectivity index is 2.14. The van der Waals surface area contributed by atoms with E-state index in [1.165, 1.54) is 18.2 Å². The lowest BCUT2D eigenvalue weighted by Gasteiger charge is -2.26. The van der Waals surface area contributed by atoms with Crippen LogP contribution in [0.3, 0.4) is 0 Å². The first-order chi connectivity index (χ1) is 11.9. The maximum atomic E-state index is 12.5. The van der Waals surface area contributed by atoms with E-state index in [9.17, 15) is 13.6 Å². The molecule has 0 bridgehead atoms. The van der Waals surface area contributed by atoms with Gasteiger partial charge in [0.05, 0.1) is 11.6 Å². The van der Waals surface area contributed by atoms with Gasteiger partial charge in [0.2, 0.25) is 0 Å². The molecule has 0 aromatic heterocycles. The number of halogens is 3. The van der Waals surface area contributed by atoms with Crippen molar-refractivity contribution < 1.29 is 18.3 Å². The van der Waals surface area contributed by atoms with Crippen molar-refractivity contribution in [3.8, 4) is 5.75 Å². The van der Waals surface area contributed by atoms with Crippen molar-refractivity contribution in [2.24, 2.45) is 0 Å². The van der Waals surface area contributed by atoms with Gasteiger partial charge in [0.1, 0.15) is 5.75 Å². The molecule has 134 valence electrons. The molecule has 0 aliphatic rings. The average molecular weight is 369 g/mol. The van der Waals surface area contributed by atoms with E-state index >= 15 is 0 Å². The summed E-state index contributed by atoms with van der Waals surface area (Å²) in [6.45, 7) is -2.73. The summed E-state index contributed by atoms with van der Waals surface area (Å²) in [7, 11) is 3.74. The Kier molecular flexibility index (Phi) is 6.73. The van der Waals surface area contributed by atoms with Gasteiger partial charge in [0.15, 0.2) is 0 Å². The van der Waals surface area contributed by atoms with Crippen LogP contribution in [0.1, 0.15) is 22.0 Å². The highest BCUT2D eigenvalue weighted by Gasteiger charge is 2.20. The fourth-order valence-corrected chi connectivity index (χ4v) is 2.72. The zero-order valence-electron chi connectivity index (χ0n) is 13.9. The minimum atomic E-state index is -2.99. The lowest BCUT2D eigenvalue weighted by molar-refractivity contribution is -0.0501. The molecule has 25 heavy (non-hydrogen) atoms. The molecule has 0 fully saturated rings. The third-order valence-electron chi connectivity index (χ3n) is 3.69. The number of carbonyl (C=O) groups excluding carboxylic acids is 1. The van der Waals surface area contributed by atoms with Gasteiger partial charge in [-0.05, 0) is 37.9 Å². The van der Waals surface area contributed by atoms with Crippen LogP contribution in [0.25, 0.3) is 0 Å². The van der Waals surface area contributed by atoms with E-state index in [2.05, 4.69) is 10.1 Å². The fraction of sp³-hybridized carbons (Fsp3) is 0.278. The zero-order valence-corrected chi connectivity index (χ0v) is 14.6. The Labute approximate surface area is 150 Å². The van der Waals surface area contributed by atoms with Gasteiger partial charge in [0, 0.05) is 11.6 Å². The van der Waals surface area contributed by atoms with E-state index < -0.39 is 12.5 Å². The largest absolute Gasteiger partial charge is 0.434 e. The molecule has 0 spiro atoms. The van der Waals surface area contributed by atoms with Crippen LogP contribution >= 0.6 is 11.6 Å². The van der Waals surface area contributed by atoms with Gasteiger partial charge in [-0.25, -0.2) is 0 Å². The minimum Gasteiger partial charge on any atom is -0.434 e. The molecule has 0 radical (unpaired) electrons. The number of ether oxygens (including phenoxy) is 1. The van der Waals surface area contributed by atoms with E-state index in [1.54, 1.807) is 12.1 Å². The second-order valence-corrected chi connectivity index (χ2v) is 5.99. The third-order valence-corrected chi connectivity index (χ3v) is 4.04. The van der Waals surface area contributed by atoms with Crippen molar-refractivity contribution in [2.75, 3.05) is 20.6 Å². The predicted octanol–water partition coefficient (Wildman–Crippen LogP) is 3.97. The summed E-state index contributed by atoms with van der Waals surface area (Å²) < 4.78 is 29.3. The van der Waals surface area contributed by atoms with Gasteiger partial charge in [0.25, 0.3) is 5.91 Å². The Bertz CT molecular complexity index is 726. The van der Waals surface area contributed by atoms with E-state index in [0.29, 0.717) is 5.02 Å². The number of hydrogen-bond acceptors (Lipinski definition) is 3. The quantitative estimate of drug-likeness (QED) is 0.804. The normalized spacial score (nSPS) is 12.3. The number of nitrogens with zero attached hydrogens (tertiary/aromatic N) is 1. The maximum absolute atomic E-state index is 12.5. The number of alkyl halides is 2. The second kappa shape index (κ2) is 8.78. The highest BCUT2D eigenvalue weighted by atomic mass is 35.5. The van der Waals surface area contributed by atoms with E-state index in [4.69, 9.17) is 11.6 Å². The second-order valence-electron chi connectivity index (χ2n) is 5.59. The number of nitrogens with one attached hydrogen (secondary N) is 1. The molecule has 7 heteroatoms. The van der Waals surface area contributed by atoms with Crippen molar-refractivity contribution >= 4 is 17.5 Å². The highest BCUT2D eigenvalue weighted by Crippen LogP contribution is 2.26. The third kappa shape index (κ3) is 5.14. The summed E-state index contributed by atoms with van der Waals surface area (Å²) in [6.07, 6.45) is 0. The van der Waals surface area contributed by atoms with Crippen molar-refractivity contribution in [2.45, 2.75) is 12.7 Å². The Morgan fingerprint density at radius 2 is 1.80 bits per heavy atom. The first kappa shape index (κ1) is 19.1. The number of benzene rings is 2. The number of rotatable bonds is 7. The van der Waals surface area contributed by atoms with Gasteiger partial charge in [-0.2, -0.15) is 8.78 Å². The molecule has 2 aromatic carbocycles. The Morgan fingerprint density at radius 1 is 1.16 bits per heavy atom. The zero-order chi connectivity index (χ0) is 18.4. The molecule has 1 amide bonds. The van der Waals surface area contributed by atoms with Gasteiger partial charge in [-0.1, -0.05) is 41.9 Å². The first-order valence-corrected chi connectivity index (χ1v) is 8.01. The van der Waals surface area contributed by atoms with Crippen LogP contribution in [0.15, 0.2) is 48.5 Å². The van der Waals surface area contributed by atoms with Gasteiger partial charge in [-0.3, -0.25) is 4.79 Å². The molecule has 2 rings (SSSR count). The lowest BCUT2D eigenvalue weighted by Crippen LogP contribution is -2.35. The van der Waals surface area contributed by atoms with Crippen molar-refractivity contribution in [1.29, 1.82) is 0 Å². The van der Waals surface area contributed by atoms with Crippen LogP contribution in [-0.4, -0.2) is 38.1 Å². The molecule has 4 nitrogen and oxygen atoms in total. The monoisotopic (exact) mass is 368 g/mol. The fourth-order valence-electron chi connectivity index (χ4n) is 2.45. The van der Waals surface area contributed by atoms with Crippen molar-refractivity contribution in [3.05, 3.63) is 64.7 Å². The number of hydrogen-bond donors (Lipinski definition) is 1. The summed E-state index contributed by atoms with van der Waals surface area (Å²) >= 11 is 6.24. The number of carbonyl (C=O) groups is 1. The van der Waals surface area contributed by atoms with Gasteiger partial charge in [-0.15, -0.1) is 0 Å². The highest BCUT2D eigenvalue weighted by molar-refractivity contribution is 6.31. The van der Waals surface area contributed by atoms with E-state index in [-0.39, 0.29) is 23.9 Å². The van der Waals surface area contributed by atoms with Crippen LogP contribution in [0.2, 0.25) is 5.02 Å². The summed E-state index contributed by atoms with van der Waals surface area (Å²) in [4.78, 5) is 14.3. The van der Waals surface area contributed by atoms with Crippen LogP contribution in [0.4, 0.5) is 8.78 Å². The molecule has 2 aromatic rings. The molecule has 0 aliphatic heterocycles. The Hall–Kier alpha value is -2.18. The smallest absolute Gasteiger partial charge is 0.387 e. The topological polar surface area (TPSA) is 41.6 Å². The van der Waals surface area contributed by atoms with Crippen LogP contribution in [0, 0.1) is 0 Å². The van der Waals surface area contributed by atoms with Gasteiger partial charge >= 0.3 is 6.61 Å². The summed E-state index contributed by atoms with van der Waals surface area (Å²) in [5, 5.41) is 3.35. The summed E-state index contributed by atoms with van der Waals surface area (Å²) in [5.74, 6) is -0.649. The predicted molar refractivity (Wildman–Crippen MR) is 93.3 cm³/mol. The molecule has 0 saturated carbocycles. The standard InChI is InChI=1S/C18H19ClF2N2O2/c1-23(2)15(12-7-3-5-9-14(12)19)11-22-17(24)13-8-4-6-10-16(13)25-18(20)21/h3-10,15,18H,11H2,1-2H3,(H,22,24)/t15-/m0/s1. The average Bonchev–Trinajstić information content (AvgIpc) is 2.56. The molecule has 1 atom stereocenters. The molecule has 0 saturated heterocycles. The number of likely N-dealkylation sites (N-methyl/N-ethyl adjacent to an activating group) is 1. The number of para-hydroxylation sites is 1. The van der Waals surface area contributed by atoms with Crippen LogP contribution < -0.4 is 10.1 Å². The maximum Gasteiger partial charge on any atom is 0.387 e. The van der Waals surface area contributed by atoms with E-state index in [0.717, 1.165) is 5.56 Å². The van der Waals surface area contributed by atoms with Gasteiger partial charge < -0.3 is 15.0 Å². The van der Waals surface area contributed by atoms with Crippen LogP contribution in [-0.2, 0) is 0 Å². The van der Waals surface area contributed by atoms with Crippen LogP contribution in [0.5, 0.6) is 5.75 Å². The molecular weight excluding hydrogens is 350 g/mol. The molecule has 0 heterocycles. The first-order valence-electron chi connectivity index (χ1n) is 7.63. The molecule has 0 aliphatic carbocycles. The van der Waals surface area contributed by atoms with Crippen molar-refractivity contribution in [3.63, 3.8) is 0 Å². The summed E-state index contributed by atoms with van der Waals surface area (Å²) in [6, 6.07) is 13.1. The summed E-state index contributed by atoms with van der Waals surface area (Å²) in [5.41, 5.74) is 0.922. The lowest BCUT2D eigenvalue weighted by atomic mass is 10.1. The van der Waals surface area contributed by atoms with Crippen molar-refractivity contribution in [1.82, 2.24) is 10.2 Å². The molecule has 0 unspecified atom stereocenters. The molecule has 1 N–H and O–H groups in total. The molecular formula is C18H19ClF2N2O2. The van der Waals surface area contributed by atoms with E-state index in [1.807, 2.05) is 37.2 Å². The SMILES string of the molecule is CN(C)[C@@H](CNC(=O)c1ccccc1OC(F)F)c1ccccc1Cl.